The minimum atomic E-state index is -3.99. The molecule has 0 bridgehead atoms. The lowest BCUT2D eigenvalue weighted by atomic mass is 9.75. The summed E-state index contributed by atoms with van der Waals surface area (Å²) >= 11 is 0. The van der Waals surface area contributed by atoms with Gasteiger partial charge in [0.15, 0.2) is 0 Å². The molecule has 1 aromatic carbocycles. The molecule has 1 aromatic rings. The van der Waals surface area contributed by atoms with Crippen LogP contribution in [0, 0.1) is 0 Å². The summed E-state index contributed by atoms with van der Waals surface area (Å²) in [6, 6.07) is 5.65. The molecule has 0 spiro atoms. The molecule has 1 N–H and O–H groups in total. The van der Waals surface area contributed by atoms with Crippen LogP contribution < -0.4 is 0 Å². The Labute approximate surface area is 116 Å². The maximum atomic E-state index is 11.0. The normalized spacial score (nSPS) is 13.6. The van der Waals surface area contributed by atoms with Crippen molar-refractivity contribution in [1.82, 2.24) is 0 Å². The van der Waals surface area contributed by atoms with Crippen molar-refractivity contribution in [2.75, 3.05) is 0 Å². The average Bonchev–Trinajstić information content (AvgIpc) is 2.11. The summed E-state index contributed by atoms with van der Waals surface area (Å²) in [4.78, 5) is 0. The van der Waals surface area contributed by atoms with E-state index in [4.69, 9.17) is 4.55 Å². The van der Waals surface area contributed by atoms with Crippen LogP contribution in [-0.4, -0.2) is 13.0 Å². The molecule has 3 nitrogen and oxygen atoms in total. The van der Waals surface area contributed by atoms with E-state index < -0.39 is 10.1 Å². The summed E-state index contributed by atoms with van der Waals surface area (Å²) in [5.74, 6) is -0.333. The van der Waals surface area contributed by atoms with E-state index in [0.717, 1.165) is 5.56 Å². The first-order chi connectivity index (χ1) is 8.31. The predicted octanol–water partition coefficient (Wildman–Crippen LogP) is 3.67. The van der Waals surface area contributed by atoms with E-state index in [1.807, 2.05) is 12.1 Å². The van der Waals surface area contributed by atoms with Gasteiger partial charge in [0.25, 0.3) is 10.1 Å². The van der Waals surface area contributed by atoms with Crippen LogP contribution >= 0.6 is 0 Å². The van der Waals surface area contributed by atoms with Gasteiger partial charge in [-0.1, -0.05) is 59.7 Å². The number of hydrogen-bond acceptors (Lipinski definition) is 2. The Hall–Kier alpha value is -0.870. The van der Waals surface area contributed by atoms with Crippen molar-refractivity contribution < 1.29 is 13.0 Å². The number of benzene rings is 1. The van der Waals surface area contributed by atoms with Crippen molar-refractivity contribution in [2.24, 2.45) is 0 Å². The smallest absolute Gasteiger partial charge is 0.269 e. The SMILES string of the molecule is CC(C)(C)c1ccc(CS(=O)(=O)O)cc1C(C)(C)C. The summed E-state index contributed by atoms with van der Waals surface area (Å²) in [6.45, 7) is 12.7. The van der Waals surface area contributed by atoms with E-state index in [2.05, 4.69) is 41.5 Å². The molecular formula is C15H24O3S. The Morgan fingerprint density at radius 1 is 0.947 bits per heavy atom. The third-order valence-corrected chi connectivity index (χ3v) is 3.75. The van der Waals surface area contributed by atoms with Crippen molar-refractivity contribution in [3.8, 4) is 0 Å². The molecule has 0 aromatic heterocycles. The summed E-state index contributed by atoms with van der Waals surface area (Å²) in [6.07, 6.45) is 0. The van der Waals surface area contributed by atoms with Crippen LogP contribution in [0.1, 0.15) is 58.2 Å². The lowest BCUT2D eigenvalue weighted by molar-refractivity contribution is 0.482. The van der Waals surface area contributed by atoms with Crippen LogP contribution in [0.5, 0.6) is 0 Å². The molecule has 0 radical (unpaired) electrons. The minimum absolute atomic E-state index is 0.000761. The predicted molar refractivity (Wildman–Crippen MR) is 79.1 cm³/mol. The van der Waals surface area contributed by atoms with Gasteiger partial charge in [0.05, 0.1) is 0 Å². The van der Waals surface area contributed by atoms with E-state index >= 15 is 0 Å². The zero-order chi connectivity index (χ0) is 15.1. The van der Waals surface area contributed by atoms with Crippen LogP contribution in [0.2, 0.25) is 0 Å². The van der Waals surface area contributed by atoms with Crippen molar-refractivity contribution in [2.45, 2.75) is 58.1 Å². The van der Waals surface area contributed by atoms with E-state index in [-0.39, 0.29) is 16.6 Å². The first kappa shape index (κ1) is 16.2. The van der Waals surface area contributed by atoms with Crippen LogP contribution in [0.3, 0.4) is 0 Å². The van der Waals surface area contributed by atoms with Crippen LogP contribution in [0.15, 0.2) is 18.2 Å². The van der Waals surface area contributed by atoms with Gasteiger partial charge in [-0.05, 0) is 27.5 Å². The zero-order valence-electron chi connectivity index (χ0n) is 12.6. The standard InChI is InChI=1S/C15H24O3S/c1-14(2,3)12-8-7-11(10-19(16,17)18)9-13(12)15(4,5)6/h7-9H,10H2,1-6H3,(H,16,17,18). The largest absolute Gasteiger partial charge is 0.285 e. The maximum absolute atomic E-state index is 11.0. The van der Waals surface area contributed by atoms with Gasteiger partial charge >= 0.3 is 0 Å². The lowest BCUT2D eigenvalue weighted by Gasteiger charge is -2.30. The highest BCUT2D eigenvalue weighted by molar-refractivity contribution is 7.85. The maximum Gasteiger partial charge on any atom is 0.269 e. The van der Waals surface area contributed by atoms with Crippen molar-refractivity contribution >= 4 is 10.1 Å². The van der Waals surface area contributed by atoms with E-state index in [0.29, 0.717) is 5.56 Å². The summed E-state index contributed by atoms with van der Waals surface area (Å²) in [5, 5.41) is 0. The monoisotopic (exact) mass is 284 g/mol. The quantitative estimate of drug-likeness (QED) is 0.843. The Balaban J connectivity index is 3.40. The molecule has 0 atom stereocenters. The van der Waals surface area contributed by atoms with Crippen LogP contribution in [0.25, 0.3) is 0 Å². The molecular weight excluding hydrogens is 260 g/mol. The fraction of sp³-hybridized carbons (Fsp3) is 0.600. The van der Waals surface area contributed by atoms with Crippen molar-refractivity contribution in [3.05, 3.63) is 34.9 Å². The van der Waals surface area contributed by atoms with E-state index in [9.17, 15) is 8.42 Å². The third kappa shape index (κ3) is 4.62. The molecule has 0 fully saturated rings. The fourth-order valence-corrected chi connectivity index (χ4v) is 2.77. The van der Waals surface area contributed by atoms with E-state index in [1.165, 1.54) is 5.56 Å². The Morgan fingerprint density at radius 2 is 1.42 bits per heavy atom. The van der Waals surface area contributed by atoms with Gasteiger partial charge in [0, 0.05) is 0 Å². The zero-order valence-corrected chi connectivity index (χ0v) is 13.4. The minimum Gasteiger partial charge on any atom is -0.285 e. The van der Waals surface area contributed by atoms with Crippen molar-refractivity contribution in [1.29, 1.82) is 0 Å². The topological polar surface area (TPSA) is 54.4 Å². The fourth-order valence-electron chi connectivity index (χ4n) is 2.17. The van der Waals surface area contributed by atoms with Gasteiger partial charge in [0.2, 0.25) is 0 Å². The molecule has 1 rings (SSSR count). The van der Waals surface area contributed by atoms with Gasteiger partial charge in [0.1, 0.15) is 5.75 Å². The number of rotatable bonds is 2. The molecule has 0 unspecified atom stereocenters. The average molecular weight is 284 g/mol. The lowest BCUT2D eigenvalue weighted by Crippen LogP contribution is -2.22. The first-order valence-corrected chi connectivity index (χ1v) is 8.01. The molecule has 0 aliphatic carbocycles. The van der Waals surface area contributed by atoms with Crippen LogP contribution in [0.4, 0.5) is 0 Å². The first-order valence-electron chi connectivity index (χ1n) is 6.40. The van der Waals surface area contributed by atoms with Crippen LogP contribution in [-0.2, 0) is 26.7 Å². The Bertz CT molecular complexity index is 558. The van der Waals surface area contributed by atoms with E-state index in [1.54, 1.807) is 6.07 Å². The summed E-state index contributed by atoms with van der Waals surface area (Å²) in [7, 11) is -3.99. The van der Waals surface area contributed by atoms with Gasteiger partial charge in [-0.2, -0.15) is 8.42 Å². The molecule has 4 heteroatoms. The highest BCUT2D eigenvalue weighted by atomic mass is 32.2. The second-order valence-corrected chi connectivity index (χ2v) is 8.56. The number of hydrogen-bond donors (Lipinski definition) is 1. The van der Waals surface area contributed by atoms with Crippen molar-refractivity contribution in [3.63, 3.8) is 0 Å². The summed E-state index contributed by atoms with van der Waals surface area (Å²) < 4.78 is 31.0. The molecule has 0 aliphatic heterocycles. The second kappa shape index (κ2) is 4.91. The third-order valence-electron chi connectivity index (χ3n) is 3.05. The summed E-state index contributed by atoms with van der Waals surface area (Å²) in [5.41, 5.74) is 2.89. The molecule has 0 saturated heterocycles. The Morgan fingerprint density at radius 3 is 1.79 bits per heavy atom. The molecule has 0 saturated carbocycles. The molecule has 108 valence electrons. The van der Waals surface area contributed by atoms with Gasteiger partial charge in [-0.3, -0.25) is 4.55 Å². The highest BCUT2D eigenvalue weighted by Gasteiger charge is 2.25. The molecule has 0 aliphatic rings. The molecule has 19 heavy (non-hydrogen) atoms. The molecule has 0 heterocycles. The van der Waals surface area contributed by atoms with Gasteiger partial charge in [-0.15, -0.1) is 0 Å². The highest BCUT2D eigenvalue weighted by Crippen LogP contribution is 2.34. The second-order valence-electron chi connectivity index (χ2n) is 7.11. The Kier molecular flexibility index (Phi) is 4.18. The van der Waals surface area contributed by atoms with Gasteiger partial charge in [-0.25, -0.2) is 0 Å². The van der Waals surface area contributed by atoms with Gasteiger partial charge < -0.3 is 0 Å². The molecule has 0 amide bonds.